The number of fused-ring (bicyclic) bond motifs is 1. The smallest absolute Gasteiger partial charge is 0.250 e. The summed E-state index contributed by atoms with van der Waals surface area (Å²) in [4.78, 5) is 8.96. The molecule has 0 amide bonds. The maximum Gasteiger partial charge on any atom is 0.250 e. The van der Waals surface area contributed by atoms with Gasteiger partial charge in [-0.05, 0) is 35.2 Å². The Morgan fingerprint density at radius 2 is 1.96 bits per heavy atom. The Labute approximate surface area is 165 Å². The van der Waals surface area contributed by atoms with Crippen molar-refractivity contribution >= 4 is 44.1 Å². The molecule has 3 heterocycles. The predicted octanol–water partition coefficient (Wildman–Crippen LogP) is 3.67. The first-order valence-corrected chi connectivity index (χ1v) is 10.9. The summed E-state index contributed by atoms with van der Waals surface area (Å²) in [7, 11) is -3.58. The molecule has 9 heteroatoms. The zero-order valence-electron chi connectivity index (χ0n) is 14.0. The first-order valence-electron chi connectivity index (χ1n) is 8.11. The predicted molar refractivity (Wildman–Crippen MR) is 106 cm³/mol. The number of imidazole rings is 1. The Bertz CT molecular complexity index is 1190. The molecule has 0 bridgehead atoms. The molecule has 138 valence electrons. The summed E-state index contributed by atoms with van der Waals surface area (Å²) in [6.07, 6.45) is 1.69. The topological polar surface area (TPSA) is 76.9 Å². The van der Waals surface area contributed by atoms with Crippen molar-refractivity contribution in [1.29, 1.82) is 0 Å². The molecule has 0 unspecified atom stereocenters. The molecule has 0 fully saturated rings. The van der Waals surface area contributed by atoms with Crippen molar-refractivity contribution in [2.24, 2.45) is 0 Å². The van der Waals surface area contributed by atoms with Gasteiger partial charge >= 0.3 is 0 Å². The second-order valence-electron chi connectivity index (χ2n) is 5.81. The van der Waals surface area contributed by atoms with Crippen LogP contribution in [0.4, 0.5) is 0 Å². The van der Waals surface area contributed by atoms with Gasteiger partial charge < -0.3 is 4.57 Å². The van der Waals surface area contributed by atoms with Crippen LogP contribution in [0.2, 0.25) is 5.02 Å². The second-order valence-corrected chi connectivity index (χ2v) is 9.16. The van der Waals surface area contributed by atoms with E-state index < -0.39 is 10.0 Å². The van der Waals surface area contributed by atoms with E-state index in [4.69, 9.17) is 11.6 Å². The van der Waals surface area contributed by atoms with E-state index in [1.54, 1.807) is 29.8 Å². The monoisotopic (exact) mass is 418 g/mol. The van der Waals surface area contributed by atoms with Crippen LogP contribution in [0, 0.1) is 0 Å². The van der Waals surface area contributed by atoms with Crippen LogP contribution in [-0.4, -0.2) is 23.0 Å². The molecule has 3 aromatic heterocycles. The van der Waals surface area contributed by atoms with Crippen LogP contribution in [0.5, 0.6) is 0 Å². The van der Waals surface area contributed by atoms with Gasteiger partial charge in [0.15, 0.2) is 5.65 Å². The lowest BCUT2D eigenvalue weighted by atomic mass is 10.2. The zero-order chi connectivity index (χ0) is 18.9. The van der Waals surface area contributed by atoms with E-state index in [2.05, 4.69) is 14.7 Å². The van der Waals surface area contributed by atoms with Gasteiger partial charge in [-0.25, -0.2) is 23.1 Å². The molecule has 0 aliphatic heterocycles. The third-order valence-corrected chi connectivity index (χ3v) is 7.22. The fraction of sp³-hybridized carbons (Fsp3) is 0.111. The number of aromatic nitrogens is 3. The van der Waals surface area contributed by atoms with Crippen LogP contribution in [0.15, 0.2) is 64.3 Å². The van der Waals surface area contributed by atoms with Crippen molar-refractivity contribution < 1.29 is 8.42 Å². The molecule has 4 rings (SSSR count). The first-order chi connectivity index (χ1) is 13.0. The lowest BCUT2D eigenvalue weighted by molar-refractivity contribution is 0.578. The van der Waals surface area contributed by atoms with Crippen molar-refractivity contribution in [2.45, 2.75) is 17.3 Å². The van der Waals surface area contributed by atoms with Crippen LogP contribution in [0.1, 0.15) is 11.4 Å². The number of thiophene rings is 1. The van der Waals surface area contributed by atoms with E-state index in [0.717, 1.165) is 5.56 Å². The molecule has 0 aliphatic carbocycles. The summed E-state index contributed by atoms with van der Waals surface area (Å²) in [5.41, 5.74) is 2.30. The number of rotatable bonds is 6. The van der Waals surface area contributed by atoms with E-state index >= 15 is 0 Å². The van der Waals surface area contributed by atoms with Crippen molar-refractivity contribution in [3.05, 3.63) is 76.5 Å². The molecule has 4 aromatic rings. The largest absolute Gasteiger partial charge is 0.307 e. The third-order valence-electron chi connectivity index (χ3n) is 4.05. The summed E-state index contributed by atoms with van der Waals surface area (Å²) in [6.45, 7) is 0.504. The molecule has 0 spiro atoms. The standard InChI is InChI=1S/C18H15ClN4O2S2/c19-14-6-2-1-5-13(14)12-23-16(22-15-7-3-9-20-18(15)23)11-21-27(24,25)17-8-4-10-26-17/h1-10,21H,11-12H2. The average molecular weight is 419 g/mol. The van der Waals surface area contributed by atoms with Gasteiger partial charge in [0.1, 0.15) is 15.6 Å². The lowest BCUT2D eigenvalue weighted by Crippen LogP contribution is -2.24. The Morgan fingerprint density at radius 1 is 1.11 bits per heavy atom. The van der Waals surface area contributed by atoms with Crippen LogP contribution in [0.3, 0.4) is 0 Å². The fourth-order valence-electron chi connectivity index (χ4n) is 2.75. The van der Waals surface area contributed by atoms with Gasteiger partial charge in [-0.15, -0.1) is 11.3 Å². The van der Waals surface area contributed by atoms with E-state index in [-0.39, 0.29) is 10.8 Å². The molecular formula is C18H15ClN4O2S2. The molecule has 0 saturated carbocycles. The number of benzene rings is 1. The zero-order valence-corrected chi connectivity index (χ0v) is 16.4. The van der Waals surface area contributed by atoms with Gasteiger partial charge in [0.05, 0.1) is 13.1 Å². The molecule has 27 heavy (non-hydrogen) atoms. The Balaban J connectivity index is 1.69. The maximum absolute atomic E-state index is 12.4. The molecule has 0 radical (unpaired) electrons. The molecule has 0 aliphatic rings. The summed E-state index contributed by atoms with van der Waals surface area (Å²) >= 11 is 7.47. The number of nitrogens with one attached hydrogen (secondary N) is 1. The number of nitrogens with zero attached hydrogens (tertiary/aromatic N) is 3. The third kappa shape index (κ3) is 3.74. The highest BCUT2D eigenvalue weighted by Gasteiger charge is 2.18. The van der Waals surface area contributed by atoms with Crippen LogP contribution >= 0.6 is 22.9 Å². The number of sulfonamides is 1. The van der Waals surface area contributed by atoms with Crippen LogP contribution < -0.4 is 4.72 Å². The van der Waals surface area contributed by atoms with Gasteiger partial charge in [-0.2, -0.15) is 0 Å². The number of pyridine rings is 1. The molecule has 6 nitrogen and oxygen atoms in total. The Kier molecular flexibility index (Phi) is 4.96. The summed E-state index contributed by atoms with van der Waals surface area (Å²) in [5.74, 6) is 0.573. The second kappa shape index (κ2) is 7.40. The van der Waals surface area contributed by atoms with Crippen molar-refractivity contribution in [3.8, 4) is 0 Å². The Morgan fingerprint density at radius 3 is 2.74 bits per heavy atom. The van der Waals surface area contributed by atoms with Crippen molar-refractivity contribution in [2.75, 3.05) is 0 Å². The SMILES string of the molecule is O=S(=O)(NCc1nc2cccnc2n1Cc1ccccc1Cl)c1cccs1. The minimum atomic E-state index is -3.58. The molecule has 1 aromatic carbocycles. The van der Waals surface area contributed by atoms with E-state index in [1.165, 1.54) is 11.3 Å². The number of hydrogen-bond donors (Lipinski definition) is 1. The molecule has 1 N–H and O–H groups in total. The van der Waals surface area contributed by atoms with Gasteiger partial charge in [0, 0.05) is 11.2 Å². The highest BCUT2D eigenvalue weighted by molar-refractivity contribution is 7.91. The number of hydrogen-bond acceptors (Lipinski definition) is 5. The summed E-state index contributed by atoms with van der Waals surface area (Å²) < 4.78 is 29.6. The fourth-order valence-corrected chi connectivity index (χ4v) is 4.96. The minimum absolute atomic E-state index is 0.0566. The van der Waals surface area contributed by atoms with Crippen molar-refractivity contribution in [3.63, 3.8) is 0 Å². The summed E-state index contributed by atoms with van der Waals surface area (Å²) in [6, 6.07) is 14.5. The average Bonchev–Trinajstić information content (AvgIpc) is 3.31. The minimum Gasteiger partial charge on any atom is -0.307 e. The highest BCUT2D eigenvalue weighted by Crippen LogP contribution is 2.21. The molecule has 0 saturated heterocycles. The normalized spacial score (nSPS) is 11.9. The quantitative estimate of drug-likeness (QED) is 0.518. The van der Waals surface area contributed by atoms with Gasteiger partial charge in [-0.1, -0.05) is 35.9 Å². The van der Waals surface area contributed by atoms with E-state index in [9.17, 15) is 8.42 Å². The molecular weight excluding hydrogens is 404 g/mol. The first kappa shape index (κ1) is 18.1. The maximum atomic E-state index is 12.4. The summed E-state index contributed by atoms with van der Waals surface area (Å²) in [5, 5.41) is 2.37. The highest BCUT2D eigenvalue weighted by atomic mass is 35.5. The van der Waals surface area contributed by atoms with Crippen molar-refractivity contribution in [1.82, 2.24) is 19.3 Å². The van der Waals surface area contributed by atoms with Crippen LogP contribution in [-0.2, 0) is 23.1 Å². The number of halogens is 1. The van der Waals surface area contributed by atoms with Gasteiger partial charge in [0.25, 0.3) is 0 Å². The van der Waals surface area contributed by atoms with E-state index in [0.29, 0.717) is 28.6 Å². The Hall–Kier alpha value is -2.26. The lowest BCUT2D eigenvalue weighted by Gasteiger charge is -2.11. The van der Waals surface area contributed by atoms with E-state index in [1.807, 2.05) is 34.9 Å². The van der Waals surface area contributed by atoms with Gasteiger partial charge in [0.2, 0.25) is 10.0 Å². The van der Waals surface area contributed by atoms with Crippen LogP contribution in [0.25, 0.3) is 11.2 Å². The van der Waals surface area contributed by atoms with Gasteiger partial charge in [-0.3, -0.25) is 0 Å². The molecule has 0 atom stereocenters.